The van der Waals surface area contributed by atoms with Crippen molar-refractivity contribution in [2.75, 3.05) is 25.0 Å². The number of rotatable bonds is 5. The van der Waals surface area contributed by atoms with Gasteiger partial charge in [-0.2, -0.15) is 0 Å². The van der Waals surface area contributed by atoms with Crippen LogP contribution >= 0.6 is 0 Å². The van der Waals surface area contributed by atoms with Crippen molar-refractivity contribution in [3.05, 3.63) is 29.8 Å². The molecule has 1 aromatic rings. The van der Waals surface area contributed by atoms with E-state index in [0.29, 0.717) is 12.6 Å². The molecule has 1 aromatic carbocycles. The molecule has 1 fully saturated rings. The van der Waals surface area contributed by atoms with Crippen LogP contribution in [-0.2, 0) is 16.0 Å². The van der Waals surface area contributed by atoms with Gasteiger partial charge in [-0.15, -0.1) is 0 Å². The van der Waals surface area contributed by atoms with Gasteiger partial charge in [0.1, 0.15) is 0 Å². The van der Waals surface area contributed by atoms with E-state index in [1.165, 1.54) is 5.56 Å². The molecule has 1 saturated carbocycles. The van der Waals surface area contributed by atoms with Crippen LogP contribution in [0.2, 0.25) is 0 Å². The topological polar surface area (TPSA) is 53.9 Å². The third-order valence-electron chi connectivity index (χ3n) is 4.64. The second kappa shape index (κ2) is 6.08. The lowest BCUT2D eigenvalue weighted by molar-refractivity contribution is -0.885. The zero-order chi connectivity index (χ0) is 15.7. The molecule has 0 radical (unpaired) electrons. The molecule has 118 valence electrons. The van der Waals surface area contributed by atoms with Gasteiger partial charge in [-0.25, -0.2) is 0 Å². The Kier molecular flexibility index (Phi) is 4.16. The predicted molar refractivity (Wildman–Crippen MR) is 84.9 cm³/mol. The molecule has 0 aromatic heterocycles. The molecule has 3 rings (SSSR count). The number of anilines is 1. The van der Waals surface area contributed by atoms with Crippen molar-refractivity contribution in [3.63, 3.8) is 0 Å². The Bertz CT molecular complexity index is 583. The average Bonchev–Trinajstić information content (AvgIpc) is 3.21. The minimum absolute atomic E-state index is 0.0430. The Morgan fingerprint density at radius 2 is 2.09 bits per heavy atom. The van der Waals surface area contributed by atoms with E-state index in [2.05, 4.69) is 11.4 Å². The molecular formula is C17H24N3O2+. The number of likely N-dealkylation sites (N-methyl/N-ethyl adjacent to an activating group) is 1. The van der Waals surface area contributed by atoms with Crippen LogP contribution in [0.15, 0.2) is 24.3 Å². The molecule has 0 saturated heterocycles. The van der Waals surface area contributed by atoms with E-state index < -0.39 is 0 Å². The van der Waals surface area contributed by atoms with Gasteiger partial charge in [0.25, 0.3) is 11.8 Å². The number of fused-ring (bicyclic) bond motifs is 1. The molecule has 2 aliphatic rings. The number of carbonyl (C=O) groups is 2. The highest BCUT2D eigenvalue weighted by Gasteiger charge is 2.33. The summed E-state index contributed by atoms with van der Waals surface area (Å²) in [4.78, 5) is 27.4. The van der Waals surface area contributed by atoms with Crippen LogP contribution in [0.4, 0.5) is 5.69 Å². The highest BCUT2D eigenvalue weighted by atomic mass is 16.2. The smallest absolute Gasteiger partial charge is 0.284 e. The fourth-order valence-corrected chi connectivity index (χ4v) is 2.92. The maximum atomic E-state index is 12.7. The standard InChI is InChI=1S/C17H23N3O2/c1-12(19(2)11-16(21)18-14-7-8-14)17(22)20-10-9-13-5-3-4-6-15(13)20/h3-6,12,14H,7-11H2,1-2H3,(H,18,21)/p+1/t12-/m1/s1. The van der Waals surface area contributed by atoms with Gasteiger partial charge in [0.2, 0.25) is 0 Å². The average molecular weight is 302 g/mol. The number of para-hydroxylation sites is 1. The number of hydrogen-bond acceptors (Lipinski definition) is 2. The summed E-state index contributed by atoms with van der Waals surface area (Å²) in [6.07, 6.45) is 3.09. The summed E-state index contributed by atoms with van der Waals surface area (Å²) >= 11 is 0. The number of quaternary nitrogens is 1. The Balaban J connectivity index is 1.60. The first-order chi connectivity index (χ1) is 10.6. The molecular weight excluding hydrogens is 278 g/mol. The summed E-state index contributed by atoms with van der Waals surface area (Å²) in [5, 5.41) is 2.98. The van der Waals surface area contributed by atoms with Gasteiger partial charge in [-0.1, -0.05) is 18.2 Å². The third-order valence-corrected chi connectivity index (χ3v) is 4.64. The monoisotopic (exact) mass is 302 g/mol. The van der Waals surface area contributed by atoms with Crippen molar-refractivity contribution in [1.82, 2.24) is 5.32 Å². The fraction of sp³-hybridized carbons (Fsp3) is 0.529. The number of amides is 2. The number of nitrogens with zero attached hydrogens (tertiary/aromatic N) is 1. The fourth-order valence-electron chi connectivity index (χ4n) is 2.92. The largest absolute Gasteiger partial charge is 0.348 e. The summed E-state index contributed by atoms with van der Waals surface area (Å²) in [7, 11) is 1.91. The minimum atomic E-state index is -0.226. The molecule has 1 heterocycles. The van der Waals surface area contributed by atoms with Crippen LogP contribution in [0.5, 0.6) is 0 Å². The van der Waals surface area contributed by atoms with Crippen LogP contribution in [0, 0.1) is 0 Å². The van der Waals surface area contributed by atoms with E-state index in [-0.39, 0.29) is 17.9 Å². The zero-order valence-corrected chi connectivity index (χ0v) is 13.3. The summed E-state index contributed by atoms with van der Waals surface area (Å²) in [5.41, 5.74) is 2.25. The second-order valence-electron chi connectivity index (χ2n) is 6.46. The van der Waals surface area contributed by atoms with Crippen molar-refractivity contribution in [1.29, 1.82) is 0 Å². The van der Waals surface area contributed by atoms with Gasteiger partial charge >= 0.3 is 0 Å². The number of hydrogen-bond donors (Lipinski definition) is 2. The molecule has 5 nitrogen and oxygen atoms in total. The first-order valence-electron chi connectivity index (χ1n) is 8.07. The van der Waals surface area contributed by atoms with Crippen molar-refractivity contribution in [3.8, 4) is 0 Å². The first kappa shape index (κ1) is 15.0. The van der Waals surface area contributed by atoms with E-state index in [1.54, 1.807) is 0 Å². The summed E-state index contributed by atoms with van der Waals surface area (Å²) in [5.74, 6) is 0.142. The lowest BCUT2D eigenvalue weighted by atomic mass is 10.2. The Hall–Kier alpha value is -1.88. The van der Waals surface area contributed by atoms with Crippen LogP contribution in [0.3, 0.4) is 0 Å². The Labute approximate surface area is 131 Å². The maximum Gasteiger partial charge on any atom is 0.284 e. The summed E-state index contributed by atoms with van der Waals surface area (Å²) < 4.78 is 0. The quantitative estimate of drug-likeness (QED) is 0.789. The molecule has 5 heteroatoms. The molecule has 2 atom stereocenters. The second-order valence-corrected chi connectivity index (χ2v) is 6.46. The molecule has 2 amide bonds. The molecule has 0 spiro atoms. The molecule has 1 unspecified atom stereocenters. The molecule has 1 aliphatic heterocycles. The zero-order valence-electron chi connectivity index (χ0n) is 13.3. The molecule has 22 heavy (non-hydrogen) atoms. The van der Waals surface area contributed by atoms with Crippen LogP contribution in [0.1, 0.15) is 25.3 Å². The number of carbonyl (C=O) groups excluding carboxylic acids is 2. The summed E-state index contributed by atoms with van der Waals surface area (Å²) in [6, 6.07) is 8.20. The van der Waals surface area contributed by atoms with Crippen LogP contribution in [-0.4, -0.2) is 44.0 Å². The van der Waals surface area contributed by atoms with Gasteiger partial charge in [0.15, 0.2) is 12.6 Å². The Morgan fingerprint density at radius 1 is 1.36 bits per heavy atom. The summed E-state index contributed by atoms with van der Waals surface area (Å²) in [6.45, 7) is 2.99. The van der Waals surface area contributed by atoms with Gasteiger partial charge < -0.3 is 15.1 Å². The van der Waals surface area contributed by atoms with Crippen molar-refractivity contribution < 1.29 is 14.5 Å². The highest BCUT2D eigenvalue weighted by Crippen LogP contribution is 2.27. The van der Waals surface area contributed by atoms with Crippen molar-refractivity contribution >= 4 is 17.5 Å². The van der Waals surface area contributed by atoms with E-state index in [0.717, 1.165) is 36.4 Å². The SMILES string of the molecule is C[C@H](C(=O)N1CCc2ccccc21)[NH+](C)CC(=O)NC1CC1. The van der Waals surface area contributed by atoms with Crippen LogP contribution in [0.25, 0.3) is 0 Å². The van der Waals surface area contributed by atoms with E-state index >= 15 is 0 Å². The van der Waals surface area contributed by atoms with E-state index in [4.69, 9.17) is 0 Å². The highest BCUT2D eigenvalue weighted by molar-refractivity contribution is 5.98. The normalized spacial score (nSPS) is 19.5. The number of nitrogens with one attached hydrogen (secondary N) is 2. The lowest BCUT2D eigenvalue weighted by Crippen LogP contribution is -3.15. The Morgan fingerprint density at radius 3 is 2.82 bits per heavy atom. The van der Waals surface area contributed by atoms with Crippen molar-refractivity contribution in [2.45, 2.75) is 38.3 Å². The first-order valence-corrected chi connectivity index (χ1v) is 8.07. The van der Waals surface area contributed by atoms with E-state index in [1.807, 2.05) is 37.1 Å². The van der Waals surface area contributed by atoms with Gasteiger partial charge in [0, 0.05) is 18.3 Å². The molecule has 0 bridgehead atoms. The molecule has 1 aliphatic carbocycles. The number of benzene rings is 1. The van der Waals surface area contributed by atoms with E-state index in [9.17, 15) is 9.59 Å². The third kappa shape index (κ3) is 3.14. The van der Waals surface area contributed by atoms with Crippen LogP contribution < -0.4 is 15.1 Å². The van der Waals surface area contributed by atoms with Crippen molar-refractivity contribution in [2.24, 2.45) is 0 Å². The van der Waals surface area contributed by atoms with Gasteiger partial charge in [-0.3, -0.25) is 9.59 Å². The predicted octanol–water partition coefficient (Wildman–Crippen LogP) is -0.242. The molecule has 2 N–H and O–H groups in total. The minimum Gasteiger partial charge on any atom is -0.348 e. The maximum absolute atomic E-state index is 12.7. The lowest BCUT2D eigenvalue weighted by Gasteiger charge is -2.25. The van der Waals surface area contributed by atoms with Gasteiger partial charge in [-0.05, 0) is 37.8 Å². The van der Waals surface area contributed by atoms with Gasteiger partial charge in [0.05, 0.1) is 7.05 Å².